The van der Waals surface area contributed by atoms with Gasteiger partial charge in [-0.3, -0.25) is 4.79 Å². The predicted molar refractivity (Wildman–Crippen MR) is 73.5 cm³/mol. The van der Waals surface area contributed by atoms with E-state index in [-0.39, 0.29) is 11.5 Å². The molecule has 2 aromatic rings. The summed E-state index contributed by atoms with van der Waals surface area (Å²) in [5, 5.41) is 2.64. The van der Waals surface area contributed by atoms with E-state index in [0.717, 1.165) is 4.47 Å². The molecule has 0 saturated carbocycles. The van der Waals surface area contributed by atoms with E-state index >= 15 is 0 Å². The molecule has 5 heteroatoms. The van der Waals surface area contributed by atoms with Crippen LogP contribution in [0.1, 0.15) is 22.3 Å². The van der Waals surface area contributed by atoms with Crippen LogP contribution in [0.4, 0.5) is 14.5 Å². The van der Waals surface area contributed by atoms with E-state index in [1.807, 2.05) is 0 Å². The largest absolute Gasteiger partial charge is 0.322 e. The molecule has 0 aliphatic rings. The van der Waals surface area contributed by atoms with Gasteiger partial charge in [-0.2, -0.15) is 0 Å². The highest BCUT2D eigenvalue weighted by atomic mass is 79.9. The third kappa shape index (κ3) is 3.61. The molecule has 0 heterocycles. The first-order valence-electron chi connectivity index (χ1n) is 5.51. The highest BCUT2D eigenvalue weighted by molar-refractivity contribution is 9.10. The van der Waals surface area contributed by atoms with Crippen LogP contribution in [0.5, 0.6) is 0 Å². The maximum Gasteiger partial charge on any atom is 0.263 e. The van der Waals surface area contributed by atoms with Crippen molar-refractivity contribution >= 4 is 27.5 Å². The van der Waals surface area contributed by atoms with Crippen molar-refractivity contribution in [3.63, 3.8) is 0 Å². The van der Waals surface area contributed by atoms with Crippen molar-refractivity contribution in [2.75, 3.05) is 5.32 Å². The van der Waals surface area contributed by atoms with Crippen LogP contribution in [0, 0.1) is 0 Å². The van der Waals surface area contributed by atoms with Gasteiger partial charge in [-0.1, -0.05) is 28.1 Å². The van der Waals surface area contributed by atoms with Gasteiger partial charge < -0.3 is 5.32 Å². The molecular weight excluding hydrogens is 316 g/mol. The molecule has 0 radical (unpaired) electrons. The van der Waals surface area contributed by atoms with Gasteiger partial charge in [0.25, 0.3) is 12.3 Å². The van der Waals surface area contributed by atoms with E-state index in [2.05, 4.69) is 21.2 Å². The molecule has 98 valence electrons. The Labute approximate surface area is 117 Å². The minimum absolute atomic E-state index is 0.0679. The summed E-state index contributed by atoms with van der Waals surface area (Å²) >= 11 is 3.28. The van der Waals surface area contributed by atoms with Crippen molar-refractivity contribution in [3.8, 4) is 0 Å². The van der Waals surface area contributed by atoms with Crippen molar-refractivity contribution in [3.05, 3.63) is 64.1 Å². The number of carbonyl (C=O) groups excluding carboxylic acids is 1. The molecule has 0 saturated heterocycles. The van der Waals surface area contributed by atoms with Crippen LogP contribution in [0.15, 0.2) is 53.0 Å². The van der Waals surface area contributed by atoms with Gasteiger partial charge in [0.15, 0.2) is 0 Å². The topological polar surface area (TPSA) is 29.1 Å². The summed E-state index contributed by atoms with van der Waals surface area (Å²) in [6, 6.07) is 12.4. The number of halogens is 3. The monoisotopic (exact) mass is 325 g/mol. The molecule has 19 heavy (non-hydrogen) atoms. The van der Waals surface area contributed by atoms with E-state index in [0.29, 0.717) is 11.3 Å². The molecule has 2 nitrogen and oxygen atoms in total. The first-order valence-corrected chi connectivity index (χ1v) is 6.30. The Morgan fingerprint density at radius 3 is 2.11 bits per heavy atom. The lowest BCUT2D eigenvalue weighted by Crippen LogP contribution is -2.11. The summed E-state index contributed by atoms with van der Waals surface area (Å²) in [7, 11) is 0. The molecule has 0 aliphatic carbocycles. The zero-order chi connectivity index (χ0) is 13.8. The first kappa shape index (κ1) is 13.7. The third-order valence-electron chi connectivity index (χ3n) is 2.53. The van der Waals surface area contributed by atoms with Gasteiger partial charge in [-0.05, 0) is 36.4 Å². The van der Waals surface area contributed by atoms with E-state index in [1.165, 1.54) is 24.3 Å². The van der Waals surface area contributed by atoms with Crippen molar-refractivity contribution in [1.82, 2.24) is 0 Å². The van der Waals surface area contributed by atoms with Gasteiger partial charge in [0.1, 0.15) is 0 Å². The average Bonchev–Trinajstić information content (AvgIpc) is 2.40. The summed E-state index contributed by atoms with van der Waals surface area (Å²) in [5.41, 5.74) is 0.917. The Balaban J connectivity index is 2.08. The third-order valence-corrected chi connectivity index (χ3v) is 3.06. The Bertz CT molecular complexity index is 567. The number of carbonyl (C=O) groups is 1. The van der Waals surface area contributed by atoms with Crippen molar-refractivity contribution < 1.29 is 13.6 Å². The van der Waals surface area contributed by atoms with E-state index in [4.69, 9.17) is 0 Å². The maximum absolute atomic E-state index is 12.4. The molecule has 1 N–H and O–H groups in total. The number of rotatable bonds is 3. The molecule has 0 aromatic heterocycles. The lowest BCUT2D eigenvalue weighted by Gasteiger charge is -2.06. The Hall–Kier alpha value is -1.75. The van der Waals surface area contributed by atoms with E-state index in [9.17, 15) is 13.6 Å². The number of alkyl halides is 2. The lowest BCUT2D eigenvalue weighted by atomic mass is 10.2. The average molecular weight is 326 g/mol. The molecule has 0 aliphatic heterocycles. The molecule has 1 amide bonds. The van der Waals surface area contributed by atoms with Crippen molar-refractivity contribution in [2.45, 2.75) is 6.43 Å². The highest BCUT2D eigenvalue weighted by Gasteiger charge is 2.08. The van der Waals surface area contributed by atoms with Crippen LogP contribution >= 0.6 is 15.9 Å². The molecule has 0 unspecified atom stereocenters. The van der Waals surface area contributed by atoms with Crippen LogP contribution in [0.2, 0.25) is 0 Å². The summed E-state index contributed by atoms with van der Waals surface area (Å²) in [4.78, 5) is 11.9. The minimum Gasteiger partial charge on any atom is -0.322 e. The summed E-state index contributed by atoms with van der Waals surface area (Å²) in [5.74, 6) is -0.280. The number of amides is 1. The predicted octanol–water partition coefficient (Wildman–Crippen LogP) is 4.64. The van der Waals surface area contributed by atoms with Gasteiger partial charge in [-0.25, -0.2) is 8.78 Å². The molecule has 2 aromatic carbocycles. The molecule has 0 fully saturated rings. The minimum atomic E-state index is -2.50. The zero-order valence-corrected chi connectivity index (χ0v) is 11.3. The fourth-order valence-corrected chi connectivity index (χ4v) is 1.78. The Kier molecular flexibility index (Phi) is 4.27. The van der Waals surface area contributed by atoms with Crippen molar-refractivity contribution in [2.24, 2.45) is 0 Å². The zero-order valence-electron chi connectivity index (χ0n) is 9.74. The van der Waals surface area contributed by atoms with Crippen LogP contribution in [0.3, 0.4) is 0 Å². The normalized spacial score (nSPS) is 10.5. The van der Waals surface area contributed by atoms with Gasteiger partial charge in [0, 0.05) is 21.3 Å². The fraction of sp³-hybridized carbons (Fsp3) is 0.0714. The summed E-state index contributed by atoms with van der Waals surface area (Å²) < 4.78 is 25.6. The standard InChI is InChI=1S/C14H10BrF2NO/c15-11-5-1-10(2-6-11)14(19)18-12-7-3-9(4-8-12)13(16)17/h1-8,13H,(H,18,19). The van der Waals surface area contributed by atoms with Gasteiger partial charge in [0.2, 0.25) is 0 Å². The molecule has 0 bridgehead atoms. The number of nitrogens with one attached hydrogen (secondary N) is 1. The van der Waals surface area contributed by atoms with Crippen LogP contribution < -0.4 is 5.32 Å². The van der Waals surface area contributed by atoms with Crippen LogP contribution in [0.25, 0.3) is 0 Å². The Morgan fingerprint density at radius 2 is 1.58 bits per heavy atom. The van der Waals surface area contributed by atoms with Crippen LogP contribution in [-0.4, -0.2) is 5.91 Å². The van der Waals surface area contributed by atoms with Gasteiger partial charge in [0.05, 0.1) is 0 Å². The number of benzene rings is 2. The van der Waals surface area contributed by atoms with Crippen molar-refractivity contribution in [1.29, 1.82) is 0 Å². The van der Waals surface area contributed by atoms with Crippen LogP contribution in [-0.2, 0) is 0 Å². The maximum atomic E-state index is 12.4. The SMILES string of the molecule is O=C(Nc1ccc(C(F)F)cc1)c1ccc(Br)cc1. The van der Waals surface area contributed by atoms with Gasteiger partial charge >= 0.3 is 0 Å². The van der Waals surface area contributed by atoms with E-state index < -0.39 is 6.43 Å². The second-order valence-corrected chi connectivity index (χ2v) is 4.80. The second-order valence-electron chi connectivity index (χ2n) is 3.88. The molecule has 0 spiro atoms. The first-order chi connectivity index (χ1) is 9.06. The number of anilines is 1. The summed E-state index contributed by atoms with van der Waals surface area (Å²) in [6.07, 6.45) is -2.50. The highest BCUT2D eigenvalue weighted by Crippen LogP contribution is 2.20. The molecular formula is C14H10BrF2NO. The lowest BCUT2D eigenvalue weighted by molar-refractivity contribution is 0.102. The second kappa shape index (κ2) is 5.93. The smallest absolute Gasteiger partial charge is 0.263 e. The summed E-state index contributed by atoms with van der Waals surface area (Å²) in [6.45, 7) is 0. The quantitative estimate of drug-likeness (QED) is 0.875. The number of hydrogen-bond acceptors (Lipinski definition) is 1. The molecule has 0 atom stereocenters. The Morgan fingerprint density at radius 1 is 1.00 bits per heavy atom. The van der Waals surface area contributed by atoms with E-state index in [1.54, 1.807) is 24.3 Å². The van der Waals surface area contributed by atoms with Gasteiger partial charge in [-0.15, -0.1) is 0 Å². The fourth-order valence-electron chi connectivity index (χ4n) is 1.52. The molecule has 2 rings (SSSR count). The number of hydrogen-bond donors (Lipinski definition) is 1.